The van der Waals surface area contributed by atoms with Gasteiger partial charge in [0.05, 0.1) is 18.9 Å². The zero-order chi connectivity index (χ0) is 15.8. The fraction of sp³-hybridized carbons (Fsp3) is 0.167. The van der Waals surface area contributed by atoms with E-state index in [0.717, 1.165) is 33.4 Å². The predicted molar refractivity (Wildman–Crippen MR) is 85.7 cm³/mol. The summed E-state index contributed by atoms with van der Waals surface area (Å²) in [7, 11) is 0. The highest BCUT2D eigenvalue weighted by Gasteiger charge is 2.23. The maximum atomic E-state index is 10.9. The molecule has 1 atom stereocenters. The van der Waals surface area contributed by atoms with Gasteiger partial charge in [0.1, 0.15) is 11.3 Å². The largest absolute Gasteiger partial charge is 0.493 e. The van der Waals surface area contributed by atoms with Crippen LogP contribution < -0.4 is 10.1 Å². The van der Waals surface area contributed by atoms with Gasteiger partial charge in [0.25, 0.3) is 0 Å². The molecule has 0 fully saturated rings. The molecule has 1 aliphatic heterocycles. The molecule has 0 bridgehead atoms. The lowest BCUT2D eigenvalue weighted by Crippen LogP contribution is -2.30. The number of fused-ring (bicyclic) bond motifs is 2. The number of carboxylic acid groups (broad SMARTS) is 1. The van der Waals surface area contributed by atoms with Gasteiger partial charge in [0, 0.05) is 22.9 Å². The van der Waals surface area contributed by atoms with E-state index in [9.17, 15) is 4.79 Å². The Kier molecular flexibility index (Phi) is 3.19. The molecular weight excluding hydrogens is 294 g/mol. The van der Waals surface area contributed by atoms with E-state index in [1.807, 2.05) is 42.5 Å². The number of nitrogens with one attached hydrogen (secondary N) is 1. The van der Waals surface area contributed by atoms with Gasteiger partial charge in [0.2, 0.25) is 0 Å². The van der Waals surface area contributed by atoms with Crippen molar-refractivity contribution in [3.8, 4) is 16.9 Å². The van der Waals surface area contributed by atoms with Crippen molar-refractivity contribution in [2.75, 3.05) is 6.61 Å². The van der Waals surface area contributed by atoms with Crippen molar-refractivity contribution in [1.82, 2.24) is 5.32 Å². The van der Waals surface area contributed by atoms with E-state index in [1.165, 1.54) is 0 Å². The average Bonchev–Trinajstić information content (AvgIpc) is 2.98. The Morgan fingerprint density at radius 2 is 2.09 bits per heavy atom. The smallest absolute Gasteiger partial charge is 0.405 e. The molecule has 5 heteroatoms. The van der Waals surface area contributed by atoms with E-state index in [4.69, 9.17) is 14.3 Å². The number of ether oxygens (including phenoxy) is 1. The molecule has 0 radical (unpaired) electrons. The molecule has 5 nitrogen and oxygen atoms in total. The summed E-state index contributed by atoms with van der Waals surface area (Å²) in [6, 6.07) is 13.5. The summed E-state index contributed by atoms with van der Waals surface area (Å²) in [6.07, 6.45) is 1.35. The normalized spacial score (nSPS) is 16.6. The van der Waals surface area contributed by atoms with Crippen molar-refractivity contribution in [2.45, 2.75) is 12.5 Å². The zero-order valence-electron chi connectivity index (χ0n) is 12.3. The molecule has 1 aliphatic rings. The van der Waals surface area contributed by atoms with Crippen molar-refractivity contribution in [3.63, 3.8) is 0 Å². The number of para-hydroxylation sites is 1. The van der Waals surface area contributed by atoms with Crippen molar-refractivity contribution in [1.29, 1.82) is 0 Å². The van der Waals surface area contributed by atoms with Crippen LogP contribution >= 0.6 is 0 Å². The second-order valence-corrected chi connectivity index (χ2v) is 5.54. The summed E-state index contributed by atoms with van der Waals surface area (Å²) in [5.74, 6) is 0.720. The minimum atomic E-state index is -1.02. The molecule has 1 amide bonds. The van der Waals surface area contributed by atoms with Crippen LogP contribution in [0.3, 0.4) is 0 Å². The molecule has 0 saturated carbocycles. The summed E-state index contributed by atoms with van der Waals surface area (Å²) in [5.41, 5.74) is 3.70. The van der Waals surface area contributed by atoms with Crippen LogP contribution in [0.15, 0.2) is 53.1 Å². The first kappa shape index (κ1) is 13.7. The van der Waals surface area contributed by atoms with Crippen LogP contribution in [-0.4, -0.2) is 17.8 Å². The molecule has 0 spiro atoms. The Morgan fingerprint density at radius 1 is 1.22 bits per heavy atom. The predicted octanol–water partition coefficient (Wildman–Crippen LogP) is 4.19. The number of hydrogen-bond acceptors (Lipinski definition) is 3. The van der Waals surface area contributed by atoms with Gasteiger partial charge in [-0.25, -0.2) is 4.79 Å². The van der Waals surface area contributed by atoms with E-state index in [1.54, 1.807) is 6.26 Å². The third kappa shape index (κ3) is 2.40. The topological polar surface area (TPSA) is 71.7 Å². The van der Waals surface area contributed by atoms with Gasteiger partial charge in [-0.05, 0) is 17.7 Å². The van der Waals surface area contributed by atoms with E-state index in [-0.39, 0.29) is 6.04 Å². The third-order valence-electron chi connectivity index (χ3n) is 4.14. The van der Waals surface area contributed by atoms with Crippen LogP contribution in [-0.2, 0) is 0 Å². The molecule has 0 saturated heterocycles. The van der Waals surface area contributed by atoms with Crippen LogP contribution in [0.1, 0.15) is 18.0 Å². The van der Waals surface area contributed by atoms with Gasteiger partial charge in [-0.2, -0.15) is 0 Å². The summed E-state index contributed by atoms with van der Waals surface area (Å²) < 4.78 is 11.3. The molecule has 23 heavy (non-hydrogen) atoms. The lowest BCUT2D eigenvalue weighted by Gasteiger charge is -2.26. The molecule has 2 aromatic carbocycles. The first-order valence-corrected chi connectivity index (χ1v) is 7.45. The zero-order valence-corrected chi connectivity index (χ0v) is 12.3. The lowest BCUT2D eigenvalue weighted by molar-refractivity contribution is 0.182. The van der Waals surface area contributed by atoms with Gasteiger partial charge in [-0.3, -0.25) is 0 Å². The monoisotopic (exact) mass is 309 g/mol. The first-order valence-electron chi connectivity index (χ1n) is 7.45. The molecule has 4 rings (SSSR count). The van der Waals surface area contributed by atoms with Crippen LogP contribution in [0, 0.1) is 0 Å². The molecule has 1 aromatic heterocycles. The highest BCUT2D eigenvalue weighted by Crippen LogP contribution is 2.38. The number of carbonyl (C=O) groups is 1. The summed E-state index contributed by atoms with van der Waals surface area (Å²) in [6.45, 7) is 0.494. The Labute approximate surface area is 132 Å². The Morgan fingerprint density at radius 3 is 2.96 bits per heavy atom. The van der Waals surface area contributed by atoms with Gasteiger partial charge in [-0.1, -0.05) is 30.3 Å². The Bertz CT molecular complexity index is 884. The van der Waals surface area contributed by atoms with Crippen molar-refractivity contribution < 1.29 is 19.1 Å². The second-order valence-electron chi connectivity index (χ2n) is 5.54. The number of rotatable bonds is 2. The summed E-state index contributed by atoms with van der Waals surface area (Å²) in [4.78, 5) is 10.9. The molecule has 116 valence electrons. The summed E-state index contributed by atoms with van der Waals surface area (Å²) in [5, 5.41) is 12.5. The second kappa shape index (κ2) is 5.35. The van der Waals surface area contributed by atoms with Crippen LogP contribution in [0.2, 0.25) is 0 Å². The van der Waals surface area contributed by atoms with E-state index in [0.29, 0.717) is 13.0 Å². The molecule has 2 heterocycles. The number of hydrogen-bond donors (Lipinski definition) is 2. The van der Waals surface area contributed by atoms with E-state index in [2.05, 4.69) is 5.32 Å². The summed E-state index contributed by atoms with van der Waals surface area (Å²) >= 11 is 0. The Balaban J connectivity index is 1.76. The minimum absolute atomic E-state index is 0.230. The van der Waals surface area contributed by atoms with Crippen LogP contribution in [0.5, 0.6) is 5.75 Å². The number of benzene rings is 2. The van der Waals surface area contributed by atoms with Crippen molar-refractivity contribution >= 4 is 17.1 Å². The molecule has 3 aromatic rings. The fourth-order valence-electron chi connectivity index (χ4n) is 3.06. The highest BCUT2D eigenvalue weighted by molar-refractivity contribution is 5.94. The van der Waals surface area contributed by atoms with E-state index >= 15 is 0 Å². The van der Waals surface area contributed by atoms with Crippen LogP contribution in [0.4, 0.5) is 4.79 Å². The number of amides is 1. The lowest BCUT2D eigenvalue weighted by atomic mass is 9.96. The standard InChI is InChI=1S/C18H15NO4/c20-18(21)19-15-7-8-22-17-9-11(5-6-13(15)17)14-10-23-16-4-2-1-3-12(14)16/h1-6,9-10,15,19H,7-8H2,(H,20,21). The number of furan rings is 1. The molecule has 2 N–H and O–H groups in total. The maximum Gasteiger partial charge on any atom is 0.405 e. The first-order chi connectivity index (χ1) is 11.2. The maximum absolute atomic E-state index is 10.9. The third-order valence-corrected chi connectivity index (χ3v) is 4.14. The average molecular weight is 309 g/mol. The fourth-order valence-corrected chi connectivity index (χ4v) is 3.06. The van der Waals surface area contributed by atoms with E-state index < -0.39 is 6.09 Å². The highest BCUT2D eigenvalue weighted by atomic mass is 16.5. The van der Waals surface area contributed by atoms with Gasteiger partial charge in [0.15, 0.2) is 0 Å². The van der Waals surface area contributed by atoms with Crippen LogP contribution in [0.25, 0.3) is 22.1 Å². The van der Waals surface area contributed by atoms with Gasteiger partial charge in [-0.15, -0.1) is 0 Å². The molecular formula is C18H15NO4. The van der Waals surface area contributed by atoms with Gasteiger partial charge >= 0.3 is 6.09 Å². The van der Waals surface area contributed by atoms with Gasteiger partial charge < -0.3 is 19.6 Å². The Hall–Kier alpha value is -2.95. The quantitative estimate of drug-likeness (QED) is 0.744. The van der Waals surface area contributed by atoms with Crippen molar-refractivity contribution in [3.05, 3.63) is 54.3 Å². The van der Waals surface area contributed by atoms with Crippen molar-refractivity contribution in [2.24, 2.45) is 0 Å². The molecule has 0 aliphatic carbocycles. The SMILES string of the molecule is O=C(O)NC1CCOc2cc(-c3coc4ccccc34)ccc21. The molecule has 1 unspecified atom stereocenters. The minimum Gasteiger partial charge on any atom is -0.493 e.